The Morgan fingerprint density at radius 2 is 2.32 bits per heavy atom. The highest BCUT2D eigenvalue weighted by atomic mass is 16.5. The molecule has 4 heteroatoms. The molecule has 1 aromatic carbocycles. The van der Waals surface area contributed by atoms with Crippen molar-refractivity contribution in [1.29, 1.82) is 0 Å². The number of nitrogens with two attached hydrogens (primary N) is 1. The number of carbonyl (C=O) groups is 1. The summed E-state index contributed by atoms with van der Waals surface area (Å²) >= 11 is 0. The minimum Gasteiger partial charge on any atom is -0.398 e. The van der Waals surface area contributed by atoms with Crippen LogP contribution in [0, 0.1) is 0 Å². The van der Waals surface area contributed by atoms with Gasteiger partial charge in [0.1, 0.15) is 0 Å². The van der Waals surface area contributed by atoms with Crippen molar-refractivity contribution in [3.8, 4) is 0 Å². The van der Waals surface area contributed by atoms with Crippen LogP contribution in [0.4, 0.5) is 11.4 Å². The van der Waals surface area contributed by atoms with Gasteiger partial charge in [-0.25, -0.2) is 0 Å². The van der Waals surface area contributed by atoms with E-state index in [1.807, 2.05) is 25.1 Å². The van der Waals surface area contributed by atoms with Crippen LogP contribution in [-0.2, 0) is 4.74 Å². The van der Waals surface area contributed by atoms with Gasteiger partial charge in [-0.05, 0) is 44.9 Å². The molecule has 1 fully saturated rings. The Morgan fingerprint density at radius 1 is 1.53 bits per heavy atom. The van der Waals surface area contributed by atoms with Gasteiger partial charge in [0.15, 0.2) is 5.78 Å². The number of nitrogens with zero attached hydrogens (tertiary/aromatic N) is 1. The van der Waals surface area contributed by atoms with Gasteiger partial charge in [0, 0.05) is 36.6 Å². The van der Waals surface area contributed by atoms with Crippen molar-refractivity contribution < 1.29 is 9.53 Å². The molecule has 1 saturated heterocycles. The zero-order valence-electron chi connectivity index (χ0n) is 11.7. The summed E-state index contributed by atoms with van der Waals surface area (Å²) in [6.07, 6.45) is 2.54. The number of ether oxygens (including phenoxy) is 1. The lowest BCUT2D eigenvalue weighted by molar-refractivity contribution is 0.0526. The summed E-state index contributed by atoms with van der Waals surface area (Å²) in [6, 6.07) is 5.68. The average molecular weight is 262 g/mol. The van der Waals surface area contributed by atoms with Gasteiger partial charge in [0.25, 0.3) is 0 Å². The molecule has 0 spiro atoms. The molecule has 1 unspecified atom stereocenters. The van der Waals surface area contributed by atoms with Crippen LogP contribution >= 0.6 is 0 Å². The van der Waals surface area contributed by atoms with Gasteiger partial charge in [0.2, 0.25) is 0 Å². The second-order valence-electron chi connectivity index (χ2n) is 4.99. The van der Waals surface area contributed by atoms with Crippen molar-refractivity contribution in [2.45, 2.75) is 32.8 Å². The fourth-order valence-electron chi connectivity index (χ4n) is 2.61. The van der Waals surface area contributed by atoms with E-state index >= 15 is 0 Å². The third-order valence-corrected chi connectivity index (χ3v) is 3.56. The lowest BCUT2D eigenvalue weighted by atomic mass is 10.0. The smallest absolute Gasteiger partial charge is 0.161 e. The van der Waals surface area contributed by atoms with E-state index in [-0.39, 0.29) is 5.78 Å². The van der Waals surface area contributed by atoms with Gasteiger partial charge in [-0.15, -0.1) is 0 Å². The van der Waals surface area contributed by atoms with Gasteiger partial charge in [-0.3, -0.25) is 4.79 Å². The molecule has 2 rings (SSSR count). The number of anilines is 2. The fourth-order valence-corrected chi connectivity index (χ4v) is 2.61. The SMILES string of the molecule is CCOC1CCCN(c2ccc(C(C)=O)c(N)c2)C1. The molecule has 1 aliphatic heterocycles. The van der Waals surface area contributed by atoms with Crippen LogP contribution in [0.1, 0.15) is 37.0 Å². The quantitative estimate of drug-likeness (QED) is 0.669. The van der Waals surface area contributed by atoms with Crippen LogP contribution in [0.3, 0.4) is 0 Å². The number of nitrogen functional groups attached to an aromatic ring is 1. The summed E-state index contributed by atoms with van der Waals surface area (Å²) < 4.78 is 5.70. The third-order valence-electron chi connectivity index (χ3n) is 3.56. The van der Waals surface area contributed by atoms with E-state index in [1.54, 1.807) is 0 Å². The number of benzene rings is 1. The Labute approximate surface area is 114 Å². The molecular weight excluding hydrogens is 240 g/mol. The number of carbonyl (C=O) groups excluding carboxylic acids is 1. The predicted molar refractivity (Wildman–Crippen MR) is 77.7 cm³/mol. The molecule has 19 heavy (non-hydrogen) atoms. The second-order valence-corrected chi connectivity index (χ2v) is 4.99. The standard InChI is InChI=1S/C15H22N2O2/c1-3-19-13-5-4-8-17(10-13)12-6-7-14(11(2)18)15(16)9-12/h6-7,9,13H,3-5,8,10,16H2,1-2H3. The molecule has 1 aliphatic rings. The second kappa shape index (κ2) is 6.06. The number of Topliss-reactive ketones (excluding diaryl/α,β-unsaturated/α-hetero) is 1. The minimum atomic E-state index is 0.00915. The maximum absolute atomic E-state index is 11.4. The predicted octanol–water partition coefficient (Wildman–Crippen LogP) is 2.48. The summed E-state index contributed by atoms with van der Waals surface area (Å²) in [5.41, 5.74) is 8.18. The Morgan fingerprint density at radius 3 is 2.95 bits per heavy atom. The van der Waals surface area contributed by atoms with E-state index in [9.17, 15) is 4.79 Å². The Hall–Kier alpha value is -1.55. The lowest BCUT2D eigenvalue weighted by Gasteiger charge is -2.34. The maximum atomic E-state index is 11.4. The molecule has 0 radical (unpaired) electrons. The average Bonchev–Trinajstić information content (AvgIpc) is 2.39. The molecule has 2 N–H and O–H groups in total. The van der Waals surface area contributed by atoms with Gasteiger partial charge in [-0.1, -0.05) is 0 Å². The van der Waals surface area contributed by atoms with Gasteiger partial charge in [0.05, 0.1) is 6.10 Å². The summed E-state index contributed by atoms with van der Waals surface area (Å²) in [6.45, 7) is 6.23. The molecule has 0 saturated carbocycles. The minimum absolute atomic E-state index is 0.00915. The first-order valence-corrected chi connectivity index (χ1v) is 6.88. The van der Waals surface area contributed by atoms with Crippen LogP contribution < -0.4 is 10.6 Å². The number of ketones is 1. The van der Waals surface area contributed by atoms with E-state index in [1.165, 1.54) is 6.92 Å². The molecule has 104 valence electrons. The van der Waals surface area contributed by atoms with Crippen molar-refractivity contribution in [1.82, 2.24) is 0 Å². The van der Waals surface area contributed by atoms with Crippen molar-refractivity contribution in [2.75, 3.05) is 30.3 Å². The maximum Gasteiger partial charge on any atom is 0.161 e. The third kappa shape index (κ3) is 3.26. The topological polar surface area (TPSA) is 55.6 Å². The van der Waals surface area contributed by atoms with Crippen molar-refractivity contribution in [3.63, 3.8) is 0 Å². The molecule has 4 nitrogen and oxygen atoms in total. The first kappa shape index (κ1) is 13.9. The molecule has 0 amide bonds. The van der Waals surface area contributed by atoms with Gasteiger partial charge >= 0.3 is 0 Å². The number of piperidine rings is 1. The lowest BCUT2D eigenvalue weighted by Crippen LogP contribution is -2.39. The van der Waals surface area contributed by atoms with E-state index in [0.717, 1.165) is 38.2 Å². The highest BCUT2D eigenvalue weighted by molar-refractivity contribution is 5.99. The largest absolute Gasteiger partial charge is 0.398 e. The number of hydrogen-bond acceptors (Lipinski definition) is 4. The van der Waals surface area contributed by atoms with Crippen molar-refractivity contribution >= 4 is 17.2 Å². The number of rotatable bonds is 4. The van der Waals surface area contributed by atoms with Crippen molar-refractivity contribution in [3.05, 3.63) is 23.8 Å². The Kier molecular flexibility index (Phi) is 4.43. The molecule has 0 aromatic heterocycles. The summed E-state index contributed by atoms with van der Waals surface area (Å²) in [5, 5.41) is 0. The molecule has 1 heterocycles. The van der Waals surface area contributed by atoms with Gasteiger partial charge < -0.3 is 15.4 Å². The highest BCUT2D eigenvalue weighted by Gasteiger charge is 2.20. The molecule has 0 bridgehead atoms. The van der Waals surface area contributed by atoms with E-state index in [2.05, 4.69) is 4.90 Å². The Bertz CT molecular complexity index is 457. The van der Waals surface area contributed by atoms with Crippen LogP contribution in [0.2, 0.25) is 0 Å². The molecule has 1 atom stereocenters. The van der Waals surface area contributed by atoms with E-state index in [4.69, 9.17) is 10.5 Å². The zero-order chi connectivity index (χ0) is 13.8. The highest BCUT2D eigenvalue weighted by Crippen LogP contribution is 2.25. The number of hydrogen-bond donors (Lipinski definition) is 1. The molecular formula is C15H22N2O2. The first-order chi connectivity index (χ1) is 9.11. The molecule has 1 aromatic rings. The van der Waals surface area contributed by atoms with Crippen LogP contribution in [0.15, 0.2) is 18.2 Å². The zero-order valence-corrected chi connectivity index (χ0v) is 11.7. The summed E-state index contributed by atoms with van der Waals surface area (Å²) in [7, 11) is 0. The monoisotopic (exact) mass is 262 g/mol. The normalized spacial score (nSPS) is 19.5. The van der Waals surface area contributed by atoms with Crippen LogP contribution in [0.25, 0.3) is 0 Å². The van der Waals surface area contributed by atoms with Gasteiger partial charge in [-0.2, -0.15) is 0 Å². The summed E-state index contributed by atoms with van der Waals surface area (Å²) in [4.78, 5) is 13.7. The molecule has 0 aliphatic carbocycles. The van der Waals surface area contributed by atoms with Crippen molar-refractivity contribution in [2.24, 2.45) is 0 Å². The summed E-state index contributed by atoms with van der Waals surface area (Å²) in [5.74, 6) is 0.00915. The van der Waals surface area contributed by atoms with Crippen LogP contribution in [0.5, 0.6) is 0 Å². The first-order valence-electron chi connectivity index (χ1n) is 6.88. The fraction of sp³-hybridized carbons (Fsp3) is 0.533. The van der Waals surface area contributed by atoms with E-state index < -0.39 is 0 Å². The van der Waals surface area contributed by atoms with E-state index in [0.29, 0.717) is 17.4 Å². The Balaban J connectivity index is 2.13. The van der Waals surface area contributed by atoms with Crippen LogP contribution in [-0.4, -0.2) is 31.6 Å².